The number of benzene rings is 1. The van der Waals surface area contributed by atoms with E-state index in [1.54, 1.807) is 7.11 Å². The Morgan fingerprint density at radius 1 is 1.37 bits per heavy atom. The summed E-state index contributed by atoms with van der Waals surface area (Å²) in [6.07, 6.45) is 0. The Kier molecular flexibility index (Phi) is 6.15. The van der Waals surface area contributed by atoms with Crippen LogP contribution < -0.4 is 15.0 Å². The van der Waals surface area contributed by atoms with E-state index in [1.807, 2.05) is 18.2 Å². The van der Waals surface area contributed by atoms with Crippen LogP contribution in [0, 0.1) is 0 Å². The molecule has 0 fully saturated rings. The minimum absolute atomic E-state index is 0.0416. The summed E-state index contributed by atoms with van der Waals surface area (Å²) in [5.41, 5.74) is 2.07. The van der Waals surface area contributed by atoms with Crippen LogP contribution in [0.25, 0.3) is 0 Å². The maximum atomic E-state index is 10.4. The molecule has 5 nitrogen and oxygen atoms in total. The fourth-order valence-electron chi connectivity index (χ4n) is 1.97. The topological polar surface area (TPSA) is 61.8 Å². The van der Waals surface area contributed by atoms with E-state index in [2.05, 4.69) is 24.1 Å². The number of hydrogen-bond acceptors (Lipinski definition) is 4. The highest BCUT2D eigenvalue weighted by atomic mass is 16.5. The van der Waals surface area contributed by atoms with Crippen molar-refractivity contribution in [1.82, 2.24) is 5.32 Å². The Morgan fingerprint density at radius 2 is 2.05 bits per heavy atom. The first-order valence-corrected chi connectivity index (χ1v) is 6.46. The van der Waals surface area contributed by atoms with Crippen LogP contribution in [-0.2, 0) is 11.3 Å². The summed E-state index contributed by atoms with van der Waals surface area (Å²) in [6.45, 7) is 6.52. The van der Waals surface area contributed by atoms with Gasteiger partial charge in [0.05, 0.1) is 19.3 Å². The molecule has 0 aliphatic heterocycles. The molecular formula is C14H22N2O3. The predicted octanol–water partition coefficient (Wildman–Crippen LogP) is 1.72. The molecule has 0 atom stereocenters. The summed E-state index contributed by atoms with van der Waals surface area (Å²) in [6, 6.07) is 5.96. The second-order valence-corrected chi connectivity index (χ2v) is 4.18. The zero-order chi connectivity index (χ0) is 14.3. The summed E-state index contributed by atoms with van der Waals surface area (Å²) < 4.78 is 5.41. The van der Waals surface area contributed by atoms with Crippen molar-refractivity contribution in [3.8, 4) is 5.75 Å². The van der Waals surface area contributed by atoms with E-state index in [1.165, 1.54) is 0 Å². The fraction of sp³-hybridized carbons (Fsp3) is 0.500. The van der Waals surface area contributed by atoms with Crippen LogP contribution in [-0.4, -0.2) is 37.8 Å². The van der Waals surface area contributed by atoms with Crippen molar-refractivity contribution in [2.45, 2.75) is 20.4 Å². The molecule has 106 valence electrons. The Morgan fingerprint density at radius 3 is 2.58 bits per heavy atom. The molecular weight excluding hydrogens is 244 g/mol. The molecule has 0 saturated heterocycles. The van der Waals surface area contributed by atoms with Gasteiger partial charge in [-0.1, -0.05) is 6.07 Å². The quantitative estimate of drug-likeness (QED) is 0.750. The van der Waals surface area contributed by atoms with Crippen molar-refractivity contribution in [3.63, 3.8) is 0 Å². The van der Waals surface area contributed by atoms with E-state index < -0.39 is 5.97 Å². The number of hydrogen-bond donors (Lipinski definition) is 2. The van der Waals surface area contributed by atoms with Gasteiger partial charge < -0.3 is 20.1 Å². The van der Waals surface area contributed by atoms with Gasteiger partial charge >= 0.3 is 5.97 Å². The van der Waals surface area contributed by atoms with Crippen molar-refractivity contribution in [3.05, 3.63) is 23.8 Å². The number of ether oxygens (including phenoxy) is 1. The van der Waals surface area contributed by atoms with Crippen LogP contribution in [0.1, 0.15) is 19.4 Å². The molecule has 0 aliphatic rings. The number of anilines is 1. The van der Waals surface area contributed by atoms with Gasteiger partial charge in [-0.3, -0.25) is 4.79 Å². The number of methoxy groups -OCH3 is 1. The number of carboxylic acid groups (broad SMARTS) is 1. The lowest BCUT2D eigenvalue weighted by Gasteiger charge is -2.23. The van der Waals surface area contributed by atoms with Crippen molar-refractivity contribution < 1.29 is 14.6 Å². The van der Waals surface area contributed by atoms with Crippen LogP contribution in [0.3, 0.4) is 0 Å². The molecule has 0 bridgehead atoms. The van der Waals surface area contributed by atoms with E-state index in [-0.39, 0.29) is 6.54 Å². The molecule has 1 rings (SSSR count). The first-order valence-electron chi connectivity index (χ1n) is 6.46. The molecule has 0 spiro atoms. The van der Waals surface area contributed by atoms with Crippen molar-refractivity contribution in [2.24, 2.45) is 0 Å². The average Bonchev–Trinajstić information content (AvgIpc) is 2.40. The lowest BCUT2D eigenvalue weighted by atomic mass is 10.1. The smallest absolute Gasteiger partial charge is 0.317 e. The van der Waals surface area contributed by atoms with E-state index in [0.29, 0.717) is 6.54 Å². The number of nitrogens with one attached hydrogen (secondary N) is 1. The maximum Gasteiger partial charge on any atom is 0.317 e. The van der Waals surface area contributed by atoms with Gasteiger partial charge in [-0.05, 0) is 31.5 Å². The number of carboxylic acids is 1. The number of rotatable bonds is 8. The zero-order valence-electron chi connectivity index (χ0n) is 11.8. The largest absolute Gasteiger partial charge is 0.495 e. The molecule has 19 heavy (non-hydrogen) atoms. The third-order valence-electron chi connectivity index (χ3n) is 2.95. The Bertz CT molecular complexity index is 417. The number of nitrogens with zero attached hydrogens (tertiary/aromatic N) is 1. The molecule has 5 heteroatoms. The summed E-state index contributed by atoms with van der Waals surface area (Å²) in [4.78, 5) is 12.7. The van der Waals surface area contributed by atoms with Crippen LogP contribution in [0.15, 0.2) is 18.2 Å². The standard InChI is InChI=1S/C14H22N2O3/c1-4-16(5-2)12-7-6-11(8-13(12)19-3)9-15-10-14(17)18/h6-8,15H,4-5,9-10H2,1-3H3,(H,17,18). The summed E-state index contributed by atoms with van der Waals surface area (Å²) in [5, 5.41) is 11.4. The van der Waals surface area contributed by atoms with Crippen LogP contribution in [0.4, 0.5) is 5.69 Å². The Labute approximate surface area is 114 Å². The van der Waals surface area contributed by atoms with E-state index >= 15 is 0 Å². The normalized spacial score (nSPS) is 10.3. The predicted molar refractivity (Wildman–Crippen MR) is 75.9 cm³/mol. The molecule has 1 aromatic rings. The molecule has 0 unspecified atom stereocenters. The minimum atomic E-state index is -0.855. The van der Waals surface area contributed by atoms with Gasteiger partial charge in [0, 0.05) is 19.6 Å². The summed E-state index contributed by atoms with van der Waals surface area (Å²) >= 11 is 0. The highest BCUT2D eigenvalue weighted by Gasteiger charge is 2.09. The zero-order valence-corrected chi connectivity index (χ0v) is 11.8. The molecule has 0 aliphatic carbocycles. The van der Waals surface area contributed by atoms with E-state index in [0.717, 1.165) is 30.1 Å². The number of carbonyl (C=O) groups is 1. The second-order valence-electron chi connectivity index (χ2n) is 4.18. The lowest BCUT2D eigenvalue weighted by Crippen LogP contribution is -2.23. The average molecular weight is 266 g/mol. The number of aliphatic carboxylic acids is 1. The third kappa shape index (κ3) is 4.44. The van der Waals surface area contributed by atoms with Gasteiger partial charge in [0.1, 0.15) is 5.75 Å². The van der Waals surface area contributed by atoms with E-state index in [9.17, 15) is 4.79 Å². The van der Waals surface area contributed by atoms with Gasteiger partial charge in [-0.2, -0.15) is 0 Å². The molecule has 0 heterocycles. The molecule has 0 aromatic heterocycles. The SMILES string of the molecule is CCN(CC)c1ccc(CNCC(=O)O)cc1OC. The fourth-order valence-corrected chi connectivity index (χ4v) is 1.97. The van der Waals surface area contributed by atoms with E-state index in [4.69, 9.17) is 9.84 Å². The Hall–Kier alpha value is -1.75. The molecule has 0 saturated carbocycles. The highest BCUT2D eigenvalue weighted by molar-refractivity contribution is 5.69. The van der Waals surface area contributed by atoms with Gasteiger partial charge in [0.25, 0.3) is 0 Å². The van der Waals surface area contributed by atoms with Crippen molar-refractivity contribution >= 4 is 11.7 Å². The summed E-state index contributed by atoms with van der Waals surface area (Å²) in [7, 11) is 1.65. The van der Waals surface area contributed by atoms with Crippen molar-refractivity contribution in [2.75, 3.05) is 31.6 Å². The van der Waals surface area contributed by atoms with Gasteiger partial charge in [-0.15, -0.1) is 0 Å². The first kappa shape index (κ1) is 15.3. The van der Waals surface area contributed by atoms with Crippen LogP contribution in [0.2, 0.25) is 0 Å². The van der Waals surface area contributed by atoms with Crippen molar-refractivity contribution in [1.29, 1.82) is 0 Å². The Balaban J connectivity index is 2.80. The summed E-state index contributed by atoms with van der Waals surface area (Å²) in [5.74, 6) is -0.0370. The molecule has 1 aromatic carbocycles. The first-order chi connectivity index (χ1) is 9.12. The highest BCUT2D eigenvalue weighted by Crippen LogP contribution is 2.29. The minimum Gasteiger partial charge on any atom is -0.495 e. The van der Waals surface area contributed by atoms with Crippen LogP contribution in [0.5, 0.6) is 5.75 Å². The maximum absolute atomic E-state index is 10.4. The monoisotopic (exact) mass is 266 g/mol. The van der Waals surface area contributed by atoms with Crippen LogP contribution >= 0.6 is 0 Å². The second kappa shape index (κ2) is 7.63. The van der Waals surface area contributed by atoms with Gasteiger partial charge in [-0.25, -0.2) is 0 Å². The molecule has 0 amide bonds. The van der Waals surface area contributed by atoms with Gasteiger partial charge in [0.2, 0.25) is 0 Å². The lowest BCUT2D eigenvalue weighted by molar-refractivity contribution is -0.135. The molecule has 2 N–H and O–H groups in total. The molecule has 0 radical (unpaired) electrons. The van der Waals surface area contributed by atoms with Gasteiger partial charge in [0.15, 0.2) is 0 Å². The third-order valence-corrected chi connectivity index (χ3v) is 2.95.